The number of alkyl halides is 6. The van der Waals surface area contributed by atoms with Gasteiger partial charge in [0.15, 0.2) is 5.65 Å². The second-order valence-corrected chi connectivity index (χ2v) is 8.44. The highest BCUT2D eigenvalue weighted by Crippen LogP contribution is 2.34. The predicted octanol–water partition coefficient (Wildman–Crippen LogP) is 5.07. The van der Waals surface area contributed by atoms with Gasteiger partial charge in [-0.2, -0.15) is 30.9 Å². The van der Waals surface area contributed by atoms with E-state index in [9.17, 15) is 26.3 Å². The highest BCUT2D eigenvalue weighted by atomic mass is 19.4. The third-order valence-corrected chi connectivity index (χ3v) is 6.17. The fourth-order valence-corrected chi connectivity index (χ4v) is 4.44. The molecule has 6 nitrogen and oxygen atoms in total. The topological polar surface area (TPSA) is 49.6 Å². The molecule has 188 valence electrons. The molecule has 0 aliphatic carbocycles. The van der Waals surface area contributed by atoms with Crippen LogP contribution in [0.3, 0.4) is 0 Å². The van der Waals surface area contributed by atoms with Crippen LogP contribution in [0.1, 0.15) is 28.6 Å². The van der Waals surface area contributed by atoms with Gasteiger partial charge in [0.1, 0.15) is 5.82 Å². The first kappa shape index (κ1) is 24.0. The molecule has 0 spiro atoms. The van der Waals surface area contributed by atoms with Gasteiger partial charge in [0.05, 0.1) is 11.6 Å². The Morgan fingerprint density at radius 3 is 1.92 bits per heavy atom. The monoisotopic (exact) mass is 506 g/mol. The van der Waals surface area contributed by atoms with Crippen molar-refractivity contribution in [1.29, 1.82) is 0 Å². The van der Waals surface area contributed by atoms with Crippen molar-refractivity contribution in [2.45, 2.75) is 18.4 Å². The standard InChI is InChI=1S/C24H20F6N6/c25-23(26,27)18-8-6-17(7-9-18)21(16-4-2-1-3-5-16)35-14-12-34(13-15-35)20-11-10-19-31-32-22(24(28,29)30)36(19)33-20/h1-11,21H,12-15H2. The van der Waals surface area contributed by atoms with Crippen molar-refractivity contribution in [2.75, 3.05) is 31.1 Å². The van der Waals surface area contributed by atoms with Crippen LogP contribution in [-0.2, 0) is 12.4 Å². The van der Waals surface area contributed by atoms with Crippen LogP contribution in [0.5, 0.6) is 0 Å². The first-order valence-electron chi connectivity index (χ1n) is 11.1. The number of halogens is 6. The molecule has 1 unspecified atom stereocenters. The second-order valence-electron chi connectivity index (χ2n) is 8.44. The zero-order chi connectivity index (χ0) is 25.5. The molecule has 12 heteroatoms. The van der Waals surface area contributed by atoms with Crippen LogP contribution in [0.4, 0.5) is 32.2 Å². The average molecular weight is 506 g/mol. The molecule has 4 aromatic rings. The van der Waals surface area contributed by atoms with Crippen molar-refractivity contribution in [3.8, 4) is 0 Å². The lowest BCUT2D eigenvalue weighted by atomic mass is 9.95. The molecule has 1 fully saturated rings. The Morgan fingerprint density at radius 1 is 0.667 bits per heavy atom. The van der Waals surface area contributed by atoms with E-state index in [1.165, 1.54) is 18.2 Å². The molecule has 2 aromatic carbocycles. The summed E-state index contributed by atoms with van der Waals surface area (Å²) in [6.07, 6.45) is -9.11. The number of rotatable bonds is 4. The molecule has 0 radical (unpaired) electrons. The van der Waals surface area contributed by atoms with Gasteiger partial charge >= 0.3 is 12.4 Å². The number of hydrogen-bond acceptors (Lipinski definition) is 5. The number of piperazine rings is 1. The minimum Gasteiger partial charge on any atom is -0.353 e. The number of aromatic nitrogens is 4. The van der Waals surface area contributed by atoms with E-state index in [1.54, 1.807) is 6.07 Å². The summed E-state index contributed by atoms with van der Waals surface area (Å²) in [5, 5.41) is 10.8. The van der Waals surface area contributed by atoms with E-state index in [-0.39, 0.29) is 11.7 Å². The smallest absolute Gasteiger partial charge is 0.353 e. The molecule has 3 heterocycles. The third-order valence-electron chi connectivity index (χ3n) is 6.17. The minimum absolute atomic E-state index is 0.00356. The quantitative estimate of drug-likeness (QED) is 0.362. The maximum absolute atomic E-state index is 13.2. The molecule has 1 aliphatic rings. The van der Waals surface area contributed by atoms with E-state index in [2.05, 4.69) is 20.2 Å². The number of anilines is 1. The largest absolute Gasteiger partial charge is 0.453 e. The van der Waals surface area contributed by atoms with Gasteiger partial charge in [0, 0.05) is 26.2 Å². The maximum atomic E-state index is 13.2. The van der Waals surface area contributed by atoms with Crippen molar-refractivity contribution in [2.24, 2.45) is 0 Å². The molecule has 1 aliphatic heterocycles. The lowest BCUT2D eigenvalue weighted by Crippen LogP contribution is -2.48. The van der Waals surface area contributed by atoms with Gasteiger partial charge in [-0.3, -0.25) is 4.90 Å². The first-order chi connectivity index (χ1) is 17.1. The zero-order valence-electron chi connectivity index (χ0n) is 18.7. The molecule has 0 bridgehead atoms. The van der Waals surface area contributed by atoms with E-state index in [4.69, 9.17) is 0 Å². The van der Waals surface area contributed by atoms with Crippen molar-refractivity contribution in [1.82, 2.24) is 24.7 Å². The summed E-state index contributed by atoms with van der Waals surface area (Å²) >= 11 is 0. The van der Waals surface area contributed by atoms with Gasteiger partial charge in [-0.1, -0.05) is 42.5 Å². The molecular weight excluding hydrogens is 486 g/mol. The fraction of sp³-hybridized carbons (Fsp3) is 0.292. The molecule has 0 saturated carbocycles. The Morgan fingerprint density at radius 2 is 1.31 bits per heavy atom. The molecule has 36 heavy (non-hydrogen) atoms. The molecule has 0 amide bonds. The Labute approximate surface area is 201 Å². The van der Waals surface area contributed by atoms with Crippen LogP contribution < -0.4 is 4.90 Å². The van der Waals surface area contributed by atoms with Crippen LogP contribution in [0.2, 0.25) is 0 Å². The lowest BCUT2D eigenvalue weighted by Gasteiger charge is -2.40. The van der Waals surface area contributed by atoms with Crippen molar-refractivity contribution in [3.05, 3.63) is 89.2 Å². The molecular formula is C24H20F6N6. The minimum atomic E-state index is -4.69. The summed E-state index contributed by atoms with van der Waals surface area (Å²) in [7, 11) is 0. The first-order valence-corrected chi connectivity index (χ1v) is 11.1. The van der Waals surface area contributed by atoms with Gasteiger partial charge in [0.2, 0.25) is 0 Å². The van der Waals surface area contributed by atoms with Crippen molar-refractivity contribution >= 4 is 11.5 Å². The summed E-state index contributed by atoms with van der Waals surface area (Å²) in [6, 6.07) is 17.4. The number of benzene rings is 2. The average Bonchev–Trinajstić information content (AvgIpc) is 3.29. The predicted molar refractivity (Wildman–Crippen MR) is 119 cm³/mol. The van der Waals surface area contributed by atoms with Crippen molar-refractivity contribution < 1.29 is 26.3 Å². The van der Waals surface area contributed by atoms with Gasteiger partial charge < -0.3 is 4.90 Å². The maximum Gasteiger partial charge on any atom is 0.453 e. The van der Waals surface area contributed by atoms with E-state index >= 15 is 0 Å². The number of fused-ring (bicyclic) bond motifs is 1. The van der Waals surface area contributed by atoms with E-state index in [0.29, 0.717) is 36.5 Å². The fourth-order valence-electron chi connectivity index (χ4n) is 4.44. The Bertz CT molecular complexity index is 1330. The Balaban J connectivity index is 1.38. The highest BCUT2D eigenvalue weighted by Gasteiger charge is 2.38. The number of hydrogen-bond donors (Lipinski definition) is 0. The Kier molecular flexibility index (Phi) is 6.07. The van der Waals surface area contributed by atoms with Crippen LogP contribution in [0.15, 0.2) is 66.7 Å². The van der Waals surface area contributed by atoms with Gasteiger partial charge in [0.25, 0.3) is 5.82 Å². The van der Waals surface area contributed by atoms with Gasteiger partial charge in [-0.25, -0.2) is 0 Å². The molecule has 0 N–H and O–H groups in total. The van der Waals surface area contributed by atoms with Crippen LogP contribution >= 0.6 is 0 Å². The summed E-state index contributed by atoms with van der Waals surface area (Å²) in [4.78, 5) is 4.01. The van der Waals surface area contributed by atoms with E-state index in [0.717, 1.165) is 23.3 Å². The number of nitrogens with zero attached hydrogens (tertiary/aromatic N) is 6. The molecule has 1 saturated heterocycles. The normalized spacial score (nSPS) is 16.4. The second kappa shape index (κ2) is 9.08. The SMILES string of the molecule is FC(F)(F)c1ccc(C(c2ccccc2)N2CCN(c3ccc4nnc(C(F)(F)F)n4n3)CC2)cc1. The van der Waals surface area contributed by atoms with Gasteiger partial charge in [-0.05, 0) is 35.4 Å². The molecule has 2 aromatic heterocycles. The highest BCUT2D eigenvalue weighted by molar-refractivity contribution is 5.46. The van der Waals surface area contributed by atoms with Crippen molar-refractivity contribution in [3.63, 3.8) is 0 Å². The van der Waals surface area contributed by atoms with Crippen LogP contribution in [0, 0.1) is 0 Å². The summed E-state index contributed by atoms with van der Waals surface area (Å²) < 4.78 is 79.6. The summed E-state index contributed by atoms with van der Waals surface area (Å²) in [5.41, 5.74) is 0.943. The van der Waals surface area contributed by atoms with E-state index < -0.39 is 23.7 Å². The molecule has 1 atom stereocenters. The summed E-state index contributed by atoms with van der Waals surface area (Å²) in [6.45, 7) is 1.97. The third kappa shape index (κ3) is 4.72. The Hall–Kier alpha value is -3.67. The van der Waals surface area contributed by atoms with Crippen LogP contribution in [-0.4, -0.2) is 50.9 Å². The summed E-state index contributed by atoms with van der Waals surface area (Å²) in [5.74, 6) is -0.831. The zero-order valence-corrected chi connectivity index (χ0v) is 18.7. The van der Waals surface area contributed by atoms with E-state index in [1.807, 2.05) is 35.2 Å². The van der Waals surface area contributed by atoms with Crippen LogP contribution in [0.25, 0.3) is 5.65 Å². The molecule has 5 rings (SSSR count). The van der Waals surface area contributed by atoms with Gasteiger partial charge in [-0.15, -0.1) is 15.3 Å². The lowest BCUT2D eigenvalue weighted by molar-refractivity contribution is -0.146.